The molecule has 3 rings (SSSR count). The number of ketones is 1. The molecule has 0 amide bonds. The molecule has 0 spiro atoms. The summed E-state index contributed by atoms with van der Waals surface area (Å²) in [4.78, 5) is 29.3. The normalized spacial score (nSPS) is 13.9. The van der Waals surface area contributed by atoms with Gasteiger partial charge in [0.25, 0.3) is 0 Å². The Kier molecular flexibility index (Phi) is 9.84. The number of benzene rings is 3. The molecule has 3 aromatic carbocycles. The van der Waals surface area contributed by atoms with E-state index in [4.69, 9.17) is 15.2 Å². The van der Waals surface area contributed by atoms with Gasteiger partial charge in [-0.1, -0.05) is 56.3 Å². The molecular formula is C29H35BrN2O5. The fraction of sp³-hybridized carbons (Fsp3) is 0.379. The number of ether oxygens (including phenoxy) is 2. The van der Waals surface area contributed by atoms with Gasteiger partial charge in [0.1, 0.15) is 0 Å². The highest BCUT2D eigenvalue weighted by molar-refractivity contribution is 9.10. The summed E-state index contributed by atoms with van der Waals surface area (Å²) in [5.41, 5.74) is 7.12. The van der Waals surface area contributed by atoms with Gasteiger partial charge in [0.05, 0.1) is 11.3 Å². The molecule has 0 aromatic heterocycles. The number of methoxy groups -OCH3 is 1. The first-order valence-electron chi connectivity index (χ1n) is 12.4. The number of aliphatic hydroxyl groups is 1. The molecule has 198 valence electrons. The lowest BCUT2D eigenvalue weighted by Gasteiger charge is -2.31. The van der Waals surface area contributed by atoms with Crippen LogP contribution in [-0.4, -0.2) is 54.7 Å². The summed E-state index contributed by atoms with van der Waals surface area (Å²) >= 11 is 3.44. The van der Waals surface area contributed by atoms with Crippen molar-refractivity contribution >= 4 is 44.1 Å². The lowest BCUT2D eigenvalue weighted by Crippen LogP contribution is -2.44. The lowest BCUT2D eigenvalue weighted by molar-refractivity contribution is -0.150. The standard InChI is InChI=1S/C29H35BrN2O5/c1-5-32(6-2)18-21-16-20(17-24(30)26(21)31)28(35)37-25(14-15-33)27(34)29(3,36-4)23-13-9-11-19-10-7-8-12-22(19)23/h7-13,16-17,25,33H,5-6,14-15,18,31H2,1-4H3. The van der Waals surface area contributed by atoms with Crippen LogP contribution in [0, 0.1) is 0 Å². The third-order valence-electron chi connectivity index (χ3n) is 6.85. The Bertz CT molecular complexity index is 1260. The van der Waals surface area contributed by atoms with E-state index in [1.165, 1.54) is 7.11 Å². The Balaban J connectivity index is 1.94. The average molecular weight is 572 g/mol. The number of nitrogens with zero attached hydrogens (tertiary/aromatic N) is 1. The molecule has 0 aliphatic carbocycles. The van der Waals surface area contributed by atoms with Crippen molar-refractivity contribution in [1.29, 1.82) is 0 Å². The van der Waals surface area contributed by atoms with Crippen LogP contribution in [0.5, 0.6) is 0 Å². The topological polar surface area (TPSA) is 102 Å². The fourth-order valence-electron chi connectivity index (χ4n) is 4.46. The molecule has 2 atom stereocenters. The molecule has 3 aromatic rings. The molecule has 8 heteroatoms. The van der Waals surface area contributed by atoms with Crippen molar-refractivity contribution in [1.82, 2.24) is 4.90 Å². The summed E-state index contributed by atoms with van der Waals surface area (Å²) in [7, 11) is 1.45. The monoisotopic (exact) mass is 570 g/mol. The highest BCUT2D eigenvalue weighted by atomic mass is 79.9. The second-order valence-corrected chi connectivity index (χ2v) is 9.88. The number of esters is 1. The van der Waals surface area contributed by atoms with E-state index in [2.05, 4.69) is 34.7 Å². The molecule has 0 saturated heterocycles. The number of hydrogen-bond donors (Lipinski definition) is 2. The van der Waals surface area contributed by atoms with Gasteiger partial charge in [0.2, 0.25) is 5.78 Å². The van der Waals surface area contributed by atoms with Gasteiger partial charge in [0, 0.05) is 31.2 Å². The van der Waals surface area contributed by atoms with Gasteiger partial charge in [-0.3, -0.25) is 9.69 Å². The zero-order valence-electron chi connectivity index (χ0n) is 21.8. The van der Waals surface area contributed by atoms with Crippen molar-refractivity contribution < 1.29 is 24.2 Å². The molecular weight excluding hydrogens is 536 g/mol. The first-order chi connectivity index (χ1) is 17.7. The summed E-state index contributed by atoms with van der Waals surface area (Å²) in [6.45, 7) is 7.68. The summed E-state index contributed by atoms with van der Waals surface area (Å²) < 4.78 is 12.1. The zero-order valence-corrected chi connectivity index (χ0v) is 23.4. The van der Waals surface area contributed by atoms with Crippen LogP contribution in [-0.2, 0) is 26.4 Å². The molecule has 0 heterocycles. The van der Waals surface area contributed by atoms with Crippen LogP contribution in [0.1, 0.15) is 48.7 Å². The number of Topliss-reactive ketones (excluding diaryl/α,β-unsaturated/α-hetero) is 1. The number of anilines is 1. The summed E-state index contributed by atoms with van der Waals surface area (Å²) in [5, 5.41) is 11.5. The smallest absolute Gasteiger partial charge is 0.338 e. The maximum Gasteiger partial charge on any atom is 0.338 e. The van der Waals surface area contributed by atoms with Gasteiger partial charge < -0.3 is 20.3 Å². The number of aliphatic hydroxyl groups excluding tert-OH is 1. The van der Waals surface area contributed by atoms with Crippen LogP contribution in [0.15, 0.2) is 59.1 Å². The van der Waals surface area contributed by atoms with Gasteiger partial charge in [-0.05, 0) is 70.0 Å². The molecule has 0 saturated carbocycles. The number of halogens is 1. The third kappa shape index (κ3) is 6.21. The SMILES string of the molecule is CCN(CC)Cc1cc(C(=O)OC(CCO)C(=O)C(C)(OC)c2cccc3ccccc23)cc(Br)c1N. The van der Waals surface area contributed by atoms with Crippen LogP contribution in [0.25, 0.3) is 10.8 Å². The number of fused-ring (bicyclic) bond motifs is 1. The van der Waals surface area contributed by atoms with Crippen molar-refractivity contribution in [2.45, 2.75) is 45.4 Å². The predicted octanol–water partition coefficient (Wildman–Crippen LogP) is 5.07. The van der Waals surface area contributed by atoms with E-state index in [1.54, 1.807) is 19.1 Å². The van der Waals surface area contributed by atoms with Gasteiger partial charge in [-0.25, -0.2) is 4.79 Å². The molecule has 0 aliphatic rings. The van der Waals surface area contributed by atoms with E-state index in [0.29, 0.717) is 22.3 Å². The summed E-state index contributed by atoms with van der Waals surface area (Å²) in [6, 6.07) is 16.6. The van der Waals surface area contributed by atoms with E-state index in [-0.39, 0.29) is 18.6 Å². The number of hydrogen-bond acceptors (Lipinski definition) is 7. The van der Waals surface area contributed by atoms with Crippen LogP contribution < -0.4 is 5.73 Å². The second kappa shape index (κ2) is 12.6. The van der Waals surface area contributed by atoms with Gasteiger partial charge in [-0.2, -0.15) is 0 Å². The number of carbonyl (C=O) groups excluding carboxylic acids is 2. The largest absolute Gasteiger partial charge is 0.451 e. The Morgan fingerprint density at radius 2 is 1.78 bits per heavy atom. The van der Waals surface area contributed by atoms with Crippen LogP contribution >= 0.6 is 15.9 Å². The number of carbonyl (C=O) groups is 2. The molecule has 3 N–H and O–H groups in total. The summed E-state index contributed by atoms with van der Waals surface area (Å²) in [6.07, 6.45) is -1.28. The minimum atomic E-state index is -1.41. The van der Waals surface area contributed by atoms with Gasteiger partial charge >= 0.3 is 5.97 Å². The number of rotatable bonds is 12. The predicted molar refractivity (Wildman–Crippen MR) is 149 cm³/mol. The Morgan fingerprint density at radius 1 is 1.11 bits per heavy atom. The maximum absolute atomic E-state index is 13.9. The van der Waals surface area contributed by atoms with Gasteiger partial charge in [-0.15, -0.1) is 0 Å². The first-order valence-corrected chi connectivity index (χ1v) is 13.2. The van der Waals surface area contributed by atoms with Crippen molar-refractivity contribution in [3.63, 3.8) is 0 Å². The highest BCUT2D eigenvalue weighted by Crippen LogP contribution is 2.34. The molecule has 2 unspecified atom stereocenters. The second-order valence-electron chi connectivity index (χ2n) is 9.03. The highest BCUT2D eigenvalue weighted by Gasteiger charge is 2.42. The number of nitrogen functional groups attached to an aromatic ring is 1. The lowest BCUT2D eigenvalue weighted by atomic mass is 9.84. The summed E-state index contributed by atoms with van der Waals surface area (Å²) in [5.74, 6) is -1.13. The van der Waals surface area contributed by atoms with Crippen molar-refractivity contribution in [2.75, 3.05) is 32.5 Å². The number of nitrogens with two attached hydrogens (primary N) is 1. The van der Waals surface area contributed by atoms with Crippen LogP contribution in [0.3, 0.4) is 0 Å². The molecule has 0 radical (unpaired) electrons. The molecule has 0 fully saturated rings. The molecule has 37 heavy (non-hydrogen) atoms. The van der Waals surface area contributed by atoms with E-state index >= 15 is 0 Å². The van der Waals surface area contributed by atoms with E-state index in [9.17, 15) is 14.7 Å². The van der Waals surface area contributed by atoms with Crippen LogP contribution in [0.4, 0.5) is 5.69 Å². The van der Waals surface area contributed by atoms with Crippen LogP contribution in [0.2, 0.25) is 0 Å². The van der Waals surface area contributed by atoms with E-state index in [0.717, 1.165) is 29.4 Å². The maximum atomic E-state index is 13.9. The fourth-order valence-corrected chi connectivity index (χ4v) is 4.96. The van der Waals surface area contributed by atoms with E-state index in [1.807, 2.05) is 42.5 Å². The minimum Gasteiger partial charge on any atom is -0.451 e. The van der Waals surface area contributed by atoms with Crippen molar-refractivity contribution in [2.24, 2.45) is 0 Å². The Labute approximate surface area is 226 Å². The zero-order chi connectivity index (χ0) is 27.2. The quantitative estimate of drug-likeness (QED) is 0.231. The van der Waals surface area contributed by atoms with Crippen molar-refractivity contribution in [3.8, 4) is 0 Å². The first kappa shape index (κ1) is 28.8. The van der Waals surface area contributed by atoms with Gasteiger partial charge in [0.15, 0.2) is 11.7 Å². The van der Waals surface area contributed by atoms with Crippen molar-refractivity contribution in [3.05, 3.63) is 75.8 Å². The third-order valence-corrected chi connectivity index (χ3v) is 7.51. The molecule has 7 nitrogen and oxygen atoms in total. The van der Waals surface area contributed by atoms with E-state index < -0.39 is 23.5 Å². The molecule has 0 bridgehead atoms. The Hall–Kier alpha value is -2.78. The molecule has 0 aliphatic heterocycles. The minimum absolute atomic E-state index is 0.0588. The Morgan fingerprint density at radius 3 is 2.43 bits per heavy atom. The average Bonchev–Trinajstić information content (AvgIpc) is 2.92.